The highest BCUT2D eigenvalue weighted by Gasteiger charge is 2.12. The Hall–Kier alpha value is -4.71. The Kier molecular flexibility index (Phi) is 9.12. The Balaban J connectivity index is 0.00000115. The molecule has 9 heteroatoms. The topological polar surface area (TPSA) is 129 Å². The number of pyridine rings is 1. The van der Waals surface area contributed by atoms with Gasteiger partial charge in [0.1, 0.15) is 17.6 Å². The van der Waals surface area contributed by atoms with E-state index in [1.165, 1.54) is 12.6 Å². The molecule has 9 nitrogen and oxygen atoms in total. The maximum absolute atomic E-state index is 12.5. The Labute approximate surface area is 210 Å². The lowest BCUT2D eigenvalue weighted by atomic mass is 10.1. The number of anilines is 2. The third-order valence-electron chi connectivity index (χ3n) is 4.80. The van der Waals surface area contributed by atoms with E-state index < -0.39 is 0 Å². The molecular formula is C27H28N8O. The molecule has 0 fully saturated rings. The molecule has 4 rings (SSSR count). The van der Waals surface area contributed by atoms with E-state index in [2.05, 4.69) is 49.4 Å². The Morgan fingerprint density at radius 2 is 1.81 bits per heavy atom. The summed E-state index contributed by atoms with van der Waals surface area (Å²) in [6.07, 6.45) is 9.20. The molecule has 0 aliphatic carbocycles. The number of aryl methyl sites for hydroxylation is 1. The standard InChI is InChI=1S/C24H20N8O.C3H8/c1-15-8-18(12-26-11-15)24(33)30-19-5-3-4-17(9-19)16(2)29-23-14-27-13-21(32-23)20-6-7-28-22(10-25)31-20;1-3-2/h3-9,11-14,16H,1-2H3,(H,29,32)(H,30,33);3H2,1-2H3. The molecule has 0 aliphatic heterocycles. The molecule has 36 heavy (non-hydrogen) atoms. The minimum absolute atomic E-state index is 0.0707. The van der Waals surface area contributed by atoms with E-state index in [9.17, 15) is 4.79 Å². The maximum Gasteiger partial charge on any atom is 0.257 e. The fourth-order valence-electron chi connectivity index (χ4n) is 3.19. The van der Waals surface area contributed by atoms with E-state index >= 15 is 0 Å². The van der Waals surface area contributed by atoms with Gasteiger partial charge >= 0.3 is 0 Å². The molecule has 2 N–H and O–H groups in total. The van der Waals surface area contributed by atoms with Crippen molar-refractivity contribution >= 4 is 17.4 Å². The first-order chi connectivity index (χ1) is 17.4. The van der Waals surface area contributed by atoms with Gasteiger partial charge in [-0.25, -0.2) is 15.0 Å². The molecule has 0 aliphatic rings. The molecule has 1 amide bonds. The number of carbonyl (C=O) groups is 1. The molecule has 1 aromatic carbocycles. The number of aromatic nitrogens is 5. The summed E-state index contributed by atoms with van der Waals surface area (Å²) in [5, 5.41) is 15.2. The number of rotatable bonds is 6. The smallest absolute Gasteiger partial charge is 0.257 e. The van der Waals surface area contributed by atoms with Crippen molar-refractivity contribution in [3.05, 3.63) is 89.9 Å². The van der Waals surface area contributed by atoms with Gasteiger partial charge in [-0.05, 0) is 49.2 Å². The second kappa shape index (κ2) is 12.7. The van der Waals surface area contributed by atoms with Gasteiger partial charge in [0, 0.05) is 24.3 Å². The minimum Gasteiger partial charge on any atom is -0.362 e. The van der Waals surface area contributed by atoms with Gasteiger partial charge in [-0.2, -0.15) is 5.26 Å². The highest BCUT2D eigenvalue weighted by molar-refractivity contribution is 6.04. The van der Waals surface area contributed by atoms with Crippen LogP contribution >= 0.6 is 0 Å². The highest BCUT2D eigenvalue weighted by atomic mass is 16.1. The van der Waals surface area contributed by atoms with Crippen molar-refractivity contribution in [3.63, 3.8) is 0 Å². The van der Waals surface area contributed by atoms with E-state index in [4.69, 9.17) is 5.26 Å². The van der Waals surface area contributed by atoms with Crippen molar-refractivity contribution in [1.29, 1.82) is 5.26 Å². The third kappa shape index (κ3) is 7.14. The van der Waals surface area contributed by atoms with E-state index in [-0.39, 0.29) is 17.8 Å². The summed E-state index contributed by atoms with van der Waals surface area (Å²) in [6, 6.07) is 12.8. The van der Waals surface area contributed by atoms with E-state index in [1.54, 1.807) is 36.9 Å². The van der Waals surface area contributed by atoms with Crippen LogP contribution in [0.15, 0.2) is 67.4 Å². The van der Waals surface area contributed by atoms with Crippen molar-refractivity contribution in [2.45, 2.75) is 40.2 Å². The number of amides is 1. The molecule has 182 valence electrons. The lowest BCUT2D eigenvalue weighted by Gasteiger charge is -2.16. The zero-order valence-electron chi connectivity index (χ0n) is 20.7. The first-order valence-electron chi connectivity index (χ1n) is 11.6. The van der Waals surface area contributed by atoms with Crippen LogP contribution in [0.2, 0.25) is 0 Å². The lowest BCUT2D eigenvalue weighted by molar-refractivity contribution is 0.102. The van der Waals surface area contributed by atoms with Gasteiger partial charge in [0.25, 0.3) is 5.91 Å². The second-order valence-electron chi connectivity index (χ2n) is 8.07. The van der Waals surface area contributed by atoms with Crippen LogP contribution in [-0.4, -0.2) is 30.8 Å². The summed E-state index contributed by atoms with van der Waals surface area (Å²) in [5.74, 6) is 0.405. The zero-order valence-corrected chi connectivity index (χ0v) is 20.7. The first kappa shape index (κ1) is 25.9. The van der Waals surface area contributed by atoms with Crippen molar-refractivity contribution in [1.82, 2.24) is 24.9 Å². The molecular weight excluding hydrogens is 452 g/mol. The first-order valence-corrected chi connectivity index (χ1v) is 11.6. The number of hydrogen-bond donors (Lipinski definition) is 2. The molecule has 1 atom stereocenters. The van der Waals surface area contributed by atoms with Crippen LogP contribution in [0.3, 0.4) is 0 Å². The van der Waals surface area contributed by atoms with Gasteiger partial charge in [-0.1, -0.05) is 32.4 Å². The third-order valence-corrected chi connectivity index (χ3v) is 4.80. The molecule has 0 spiro atoms. The van der Waals surface area contributed by atoms with Crippen LogP contribution in [-0.2, 0) is 0 Å². The number of hydrogen-bond acceptors (Lipinski definition) is 8. The minimum atomic E-state index is -0.218. The monoisotopic (exact) mass is 480 g/mol. The zero-order chi connectivity index (χ0) is 25.9. The van der Waals surface area contributed by atoms with Crippen LogP contribution in [0.4, 0.5) is 11.5 Å². The molecule has 0 saturated heterocycles. The molecule has 1 unspecified atom stereocenters. The predicted octanol–water partition coefficient (Wildman–Crippen LogP) is 5.35. The van der Waals surface area contributed by atoms with Gasteiger partial charge in [-0.15, -0.1) is 0 Å². The Morgan fingerprint density at radius 1 is 1.03 bits per heavy atom. The van der Waals surface area contributed by atoms with Crippen LogP contribution in [0.25, 0.3) is 11.4 Å². The lowest BCUT2D eigenvalue weighted by Crippen LogP contribution is -2.13. The molecule has 0 bridgehead atoms. The fourth-order valence-corrected chi connectivity index (χ4v) is 3.19. The summed E-state index contributed by atoms with van der Waals surface area (Å²) < 4.78 is 0. The largest absolute Gasteiger partial charge is 0.362 e. The molecule has 3 aromatic heterocycles. The number of nitrogens with zero attached hydrogens (tertiary/aromatic N) is 6. The van der Waals surface area contributed by atoms with Gasteiger partial charge in [0.05, 0.1) is 29.7 Å². The van der Waals surface area contributed by atoms with Crippen LogP contribution in [0.5, 0.6) is 0 Å². The Bertz CT molecular complexity index is 1370. The van der Waals surface area contributed by atoms with Crippen molar-refractivity contribution < 1.29 is 4.79 Å². The fraction of sp³-hybridized carbons (Fsp3) is 0.222. The van der Waals surface area contributed by atoms with Gasteiger partial charge in [0.2, 0.25) is 5.82 Å². The molecule has 3 heterocycles. The van der Waals surface area contributed by atoms with Crippen molar-refractivity contribution in [2.24, 2.45) is 0 Å². The highest BCUT2D eigenvalue weighted by Crippen LogP contribution is 2.22. The van der Waals surface area contributed by atoms with Crippen LogP contribution in [0, 0.1) is 18.3 Å². The second-order valence-corrected chi connectivity index (χ2v) is 8.07. The summed E-state index contributed by atoms with van der Waals surface area (Å²) in [6.45, 7) is 8.13. The van der Waals surface area contributed by atoms with E-state index in [1.807, 2.05) is 44.2 Å². The van der Waals surface area contributed by atoms with Crippen molar-refractivity contribution in [3.8, 4) is 17.5 Å². The summed E-state index contributed by atoms with van der Waals surface area (Å²) in [7, 11) is 0. The number of nitriles is 1. The van der Waals surface area contributed by atoms with Gasteiger partial charge in [-0.3, -0.25) is 14.8 Å². The molecule has 0 radical (unpaired) electrons. The SMILES string of the molecule is CCC.Cc1cncc(C(=O)Nc2cccc(C(C)Nc3cncc(-c4ccnc(C#N)n4)n3)c2)c1. The molecule has 0 saturated carbocycles. The average Bonchev–Trinajstić information content (AvgIpc) is 2.89. The number of carbonyl (C=O) groups excluding carboxylic acids is 1. The average molecular weight is 481 g/mol. The quantitative estimate of drug-likeness (QED) is 0.378. The normalized spacial score (nSPS) is 10.9. The number of nitrogens with one attached hydrogen (secondary N) is 2. The maximum atomic E-state index is 12.5. The summed E-state index contributed by atoms with van der Waals surface area (Å²) >= 11 is 0. The van der Waals surface area contributed by atoms with Crippen LogP contribution < -0.4 is 10.6 Å². The predicted molar refractivity (Wildman–Crippen MR) is 139 cm³/mol. The Morgan fingerprint density at radius 3 is 2.56 bits per heavy atom. The molecule has 4 aromatic rings. The van der Waals surface area contributed by atoms with Crippen molar-refractivity contribution in [2.75, 3.05) is 10.6 Å². The summed E-state index contributed by atoms with van der Waals surface area (Å²) in [4.78, 5) is 33.4. The summed E-state index contributed by atoms with van der Waals surface area (Å²) in [5.41, 5.74) is 4.10. The van der Waals surface area contributed by atoms with Gasteiger partial charge in [0.15, 0.2) is 0 Å². The van der Waals surface area contributed by atoms with Gasteiger partial charge < -0.3 is 10.6 Å². The van der Waals surface area contributed by atoms with Crippen LogP contribution in [0.1, 0.15) is 60.5 Å². The van der Waals surface area contributed by atoms with E-state index in [0.717, 1.165) is 11.1 Å². The van der Waals surface area contributed by atoms with E-state index in [0.29, 0.717) is 28.5 Å². The number of benzene rings is 1.